The summed E-state index contributed by atoms with van der Waals surface area (Å²) in [5.74, 6) is -0.191. The molecule has 2 rings (SSSR count). The number of halogens is 1. The zero-order chi connectivity index (χ0) is 13.0. The third-order valence-corrected chi connectivity index (χ3v) is 2.79. The van der Waals surface area contributed by atoms with Gasteiger partial charge in [0, 0.05) is 18.3 Å². The lowest BCUT2D eigenvalue weighted by molar-refractivity contribution is 0.582. The Hall–Kier alpha value is -1.68. The predicted molar refractivity (Wildman–Crippen MR) is 70.3 cm³/mol. The van der Waals surface area contributed by atoms with Crippen LogP contribution in [0.4, 0.5) is 4.39 Å². The second kappa shape index (κ2) is 5.78. The number of hydrogen-bond donors (Lipinski definition) is 1. The summed E-state index contributed by atoms with van der Waals surface area (Å²) in [6, 6.07) is 7.00. The fourth-order valence-corrected chi connectivity index (χ4v) is 1.88. The lowest BCUT2D eigenvalue weighted by Gasteiger charge is -2.11. The number of nitrogens with one attached hydrogen (secondary N) is 1. The van der Waals surface area contributed by atoms with Crippen molar-refractivity contribution < 1.29 is 4.39 Å². The summed E-state index contributed by atoms with van der Waals surface area (Å²) < 4.78 is 15.6. The van der Waals surface area contributed by atoms with Gasteiger partial charge in [0.2, 0.25) is 0 Å². The van der Waals surface area contributed by atoms with E-state index in [9.17, 15) is 4.39 Å². The number of benzene rings is 1. The van der Waals surface area contributed by atoms with Crippen molar-refractivity contribution in [3.8, 4) is 5.69 Å². The van der Waals surface area contributed by atoms with Gasteiger partial charge < -0.3 is 5.32 Å². The molecule has 0 aliphatic heterocycles. The SMILES string of the molecule is CCCNCc1c(F)cccc1-n1ccc(C)n1. The van der Waals surface area contributed by atoms with Crippen LogP contribution in [0.25, 0.3) is 5.69 Å². The Bertz CT molecular complexity index is 520. The minimum atomic E-state index is -0.191. The van der Waals surface area contributed by atoms with Crippen LogP contribution in [0.15, 0.2) is 30.5 Å². The van der Waals surface area contributed by atoms with E-state index in [2.05, 4.69) is 17.3 Å². The summed E-state index contributed by atoms with van der Waals surface area (Å²) in [6.07, 6.45) is 2.89. The molecule has 0 atom stereocenters. The smallest absolute Gasteiger partial charge is 0.129 e. The van der Waals surface area contributed by atoms with Crippen molar-refractivity contribution in [3.05, 3.63) is 47.5 Å². The number of aromatic nitrogens is 2. The molecule has 4 heteroatoms. The Morgan fingerprint density at radius 1 is 1.33 bits per heavy atom. The lowest BCUT2D eigenvalue weighted by atomic mass is 10.1. The molecule has 1 heterocycles. The van der Waals surface area contributed by atoms with Crippen molar-refractivity contribution in [3.63, 3.8) is 0 Å². The molecule has 0 bridgehead atoms. The fourth-order valence-electron chi connectivity index (χ4n) is 1.88. The Morgan fingerprint density at radius 2 is 2.17 bits per heavy atom. The maximum absolute atomic E-state index is 13.9. The van der Waals surface area contributed by atoms with Crippen LogP contribution < -0.4 is 5.32 Å². The number of rotatable bonds is 5. The highest BCUT2D eigenvalue weighted by atomic mass is 19.1. The summed E-state index contributed by atoms with van der Waals surface area (Å²) >= 11 is 0. The summed E-state index contributed by atoms with van der Waals surface area (Å²) in [7, 11) is 0. The van der Waals surface area contributed by atoms with Crippen LogP contribution >= 0.6 is 0 Å². The molecule has 0 unspecified atom stereocenters. The first-order valence-corrected chi connectivity index (χ1v) is 6.23. The largest absolute Gasteiger partial charge is 0.312 e. The Kier molecular flexibility index (Phi) is 4.10. The Labute approximate surface area is 107 Å². The monoisotopic (exact) mass is 247 g/mol. The Balaban J connectivity index is 2.31. The van der Waals surface area contributed by atoms with Gasteiger partial charge in [0.1, 0.15) is 5.82 Å². The fraction of sp³-hybridized carbons (Fsp3) is 0.357. The van der Waals surface area contributed by atoms with Crippen molar-refractivity contribution >= 4 is 0 Å². The molecule has 0 aliphatic rings. The van der Waals surface area contributed by atoms with Crippen molar-refractivity contribution in [2.24, 2.45) is 0 Å². The third kappa shape index (κ3) is 2.76. The average Bonchev–Trinajstić information content (AvgIpc) is 2.78. The van der Waals surface area contributed by atoms with Crippen LogP contribution in [0.1, 0.15) is 24.6 Å². The molecule has 1 aromatic heterocycles. The highest BCUT2D eigenvalue weighted by molar-refractivity contribution is 5.41. The molecule has 96 valence electrons. The van der Waals surface area contributed by atoms with Gasteiger partial charge in [0.15, 0.2) is 0 Å². The lowest BCUT2D eigenvalue weighted by Crippen LogP contribution is -2.17. The van der Waals surface area contributed by atoms with Crippen LogP contribution in [0.3, 0.4) is 0 Å². The maximum Gasteiger partial charge on any atom is 0.129 e. The van der Waals surface area contributed by atoms with Gasteiger partial charge in [-0.3, -0.25) is 0 Å². The first kappa shape index (κ1) is 12.8. The van der Waals surface area contributed by atoms with Gasteiger partial charge in [-0.05, 0) is 38.1 Å². The van der Waals surface area contributed by atoms with Gasteiger partial charge in [-0.1, -0.05) is 13.0 Å². The summed E-state index contributed by atoms with van der Waals surface area (Å²) in [6.45, 7) is 5.41. The van der Waals surface area contributed by atoms with Crippen molar-refractivity contribution in [2.45, 2.75) is 26.8 Å². The van der Waals surface area contributed by atoms with E-state index in [-0.39, 0.29) is 5.82 Å². The van der Waals surface area contributed by atoms with Crippen LogP contribution in [0, 0.1) is 12.7 Å². The molecule has 0 fully saturated rings. The van der Waals surface area contributed by atoms with Crippen molar-refractivity contribution in [2.75, 3.05) is 6.54 Å². The molecule has 18 heavy (non-hydrogen) atoms. The van der Waals surface area contributed by atoms with Gasteiger partial charge in [-0.25, -0.2) is 9.07 Å². The van der Waals surface area contributed by atoms with E-state index in [1.165, 1.54) is 6.07 Å². The average molecular weight is 247 g/mol. The minimum Gasteiger partial charge on any atom is -0.312 e. The first-order chi connectivity index (χ1) is 8.72. The molecule has 0 radical (unpaired) electrons. The van der Waals surface area contributed by atoms with Crippen LogP contribution in [-0.4, -0.2) is 16.3 Å². The molecule has 0 aliphatic carbocycles. The molecule has 0 saturated heterocycles. The molecule has 2 aromatic rings. The second-order valence-corrected chi connectivity index (χ2v) is 4.32. The van der Waals surface area contributed by atoms with Crippen LogP contribution in [0.2, 0.25) is 0 Å². The molecule has 1 N–H and O–H groups in total. The number of hydrogen-bond acceptors (Lipinski definition) is 2. The summed E-state index contributed by atoms with van der Waals surface area (Å²) in [4.78, 5) is 0. The predicted octanol–water partition coefficient (Wildman–Crippen LogP) is 2.82. The van der Waals surface area contributed by atoms with E-state index in [1.54, 1.807) is 10.7 Å². The third-order valence-electron chi connectivity index (χ3n) is 2.79. The van der Waals surface area contributed by atoms with Gasteiger partial charge in [-0.2, -0.15) is 5.10 Å². The van der Waals surface area contributed by atoms with Gasteiger partial charge in [0.05, 0.1) is 11.4 Å². The molecular weight excluding hydrogens is 229 g/mol. The number of aryl methyl sites for hydroxylation is 1. The quantitative estimate of drug-likeness (QED) is 0.823. The molecule has 0 spiro atoms. The second-order valence-electron chi connectivity index (χ2n) is 4.32. The van der Waals surface area contributed by atoms with Crippen molar-refractivity contribution in [1.82, 2.24) is 15.1 Å². The first-order valence-electron chi connectivity index (χ1n) is 6.23. The highest BCUT2D eigenvalue weighted by Crippen LogP contribution is 2.17. The number of nitrogens with zero attached hydrogens (tertiary/aromatic N) is 2. The summed E-state index contributed by atoms with van der Waals surface area (Å²) in [5.41, 5.74) is 2.38. The zero-order valence-electron chi connectivity index (χ0n) is 10.8. The van der Waals surface area contributed by atoms with Gasteiger partial charge in [-0.15, -0.1) is 0 Å². The van der Waals surface area contributed by atoms with Crippen LogP contribution in [-0.2, 0) is 6.54 Å². The minimum absolute atomic E-state index is 0.191. The van der Waals surface area contributed by atoms with E-state index in [1.807, 2.05) is 25.3 Å². The van der Waals surface area contributed by atoms with Crippen LogP contribution in [0.5, 0.6) is 0 Å². The normalized spacial score (nSPS) is 10.8. The molecule has 3 nitrogen and oxygen atoms in total. The maximum atomic E-state index is 13.9. The zero-order valence-corrected chi connectivity index (χ0v) is 10.8. The highest BCUT2D eigenvalue weighted by Gasteiger charge is 2.10. The summed E-state index contributed by atoms with van der Waals surface area (Å²) in [5, 5.41) is 7.56. The Morgan fingerprint density at radius 3 is 2.83 bits per heavy atom. The van der Waals surface area contributed by atoms with Crippen molar-refractivity contribution in [1.29, 1.82) is 0 Å². The van der Waals surface area contributed by atoms with E-state index < -0.39 is 0 Å². The standard InChI is InChI=1S/C14H18FN3/c1-3-8-16-10-12-13(15)5-4-6-14(12)18-9-7-11(2)17-18/h4-7,9,16H,3,8,10H2,1-2H3. The molecule has 0 amide bonds. The molecule has 0 saturated carbocycles. The van der Waals surface area contributed by atoms with E-state index >= 15 is 0 Å². The van der Waals surface area contributed by atoms with Gasteiger partial charge in [0.25, 0.3) is 0 Å². The van der Waals surface area contributed by atoms with E-state index in [0.717, 1.165) is 24.3 Å². The molecule has 1 aromatic carbocycles. The molecular formula is C14H18FN3. The van der Waals surface area contributed by atoms with E-state index in [4.69, 9.17) is 0 Å². The topological polar surface area (TPSA) is 29.9 Å². The van der Waals surface area contributed by atoms with Gasteiger partial charge >= 0.3 is 0 Å². The van der Waals surface area contributed by atoms with E-state index in [0.29, 0.717) is 12.1 Å².